The van der Waals surface area contributed by atoms with E-state index in [0.717, 1.165) is 24.6 Å². The molecule has 0 bridgehead atoms. The molecule has 0 N–H and O–H groups in total. The number of hydrogen-bond acceptors (Lipinski definition) is 2. The molecule has 20 heavy (non-hydrogen) atoms. The Balaban J connectivity index is 0.00000147. The van der Waals surface area contributed by atoms with E-state index in [-0.39, 0.29) is 12.4 Å². The summed E-state index contributed by atoms with van der Waals surface area (Å²) in [6.45, 7) is 6.14. The number of likely N-dealkylation sites (tertiary alicyclic amines) is 1. The van der Waals surface area contributed by atoms with E-state index in [1.807, 2.05) is 6.08 Å². The van der Waals surface area contributed by atoms with Gasteiger partial charge >= 0.3 is 0 Å². The third-order valence-electron chi connectivity index (χ3n) is 4.74. The molecule has 3 rings (SSSR count). The third kappa shape index (κ3) is 2.72. The summed E-state index contributed by atoms with van der Waals surface area (Å²) in [5.74, 6) is 1.88. The molecule has 0 unspecified atom stereocenters. The summed E-state index contributed by atoms with van der Waals surface area (Å²) in [6, 6.07) is 7.18. The number of ether oxygens (including phenoxy) is 1. The normalized spacial score (nSPS) is 25.1. The first kappa shape index (κ1) is 15.4. The average Bonchev–Trinajstić information content (AvgIpc) is 2.45. The predicted octanol–water partition coefficient (Wildman–Crippen LogP) is 3.48. The van der Waals surface area contributed by atoms with Gasteiger partial charge in [-0.2, -0.15) is 0 Å². The van der Waals surface area contributed by atoms with Crippen molar-refractivity contribution in [3.63, 3.8) is 0 Å². The van der Waals surface area contributed by atoms with Crippen molar-refractivity contribution in [3.8, 4) is 5.75 Å². The van der Waals surface area contributed by atoms with Crippen molar-refractivity contribution in [1.82, 2.24) is 4.90 Å². The largest absolute Gasteiger partial charge is 0.496 e. The summed E-state index contributed by atoms with van der Waals surface area (Å²) in [7, 11) is 1.78. The second kappa shape index (κ2) is 6.64. The van der Waals surface area contributed by atoms with Crippen molar-refractivity contribution < 1.29 is 4.74 Å². The highest BCUT2D eigenvalue weighted by Gasteiger charge is 2.35. The monoisotopic (exact) mass is 293 g/mol. The Hall–Kier alpha value is -0.990. The molecule has 0 aromatic heterocycles. The second-order valence-electron chi connectivity index (χ2n) is 5.76. The highest BCUT2D eigenvalue weighted by Crippen LogP contribution is 2.38. The van der Waals surface area contributed by atoms with Crippen LogP contribution in [0, 0.1) is 5.92 Å². The van der Waals surface area contributed by atoms with Crippen molar-refractivity contribution in [1.29, 1.82) is 0 Å². The molecule has 1 aromatic carbocycles. The van der Waals surface area contributed by atoms with Gasteiger partial charge in [-0.25, -0.2) is 0 Å². The Bertz CT molecular complexity index is 474. The first-order chi connectivity index (χ1) is 9.33. The number of piperidine rings is 1. The van der Waals surface area contributed by atoms with Gasteiger partial charge in [0.2, 0.25) is 0 Å². The number of benzene rings is 1. The number of fused-ring (bicyclic) bond motifs is 2. The van der Waals surface area contributed by atoms with Crippen LogP contribution in [0.5, 0.6) is 5.75 Å². The summed E-state index contributed by atoms with van der Waals surface area (Å²) in [5.41, 5.74) is 2.93. The van der Waals surface area contributed by atoms with Gasteiger partial charge in [-0.05, 0) is 55.3 Å². The van der Waals surface area contributed by atoms with Gasteiger partial charge in [-0.3, -0.25) is 4.90 Å². The quantitative estimate of drug-likeness (QED) is 0.791. The lowest BCUT2D eigenvalue weighted by Gasteiger charge is -2.44. The van der Waals surface area contributed by atoms with Crippen LogP contribution in [-0.2, 0) is 12.8 Å². The molecule has 1 aliphatic heterocycles. The molecule has 0 spiro atoms. The summed E-state index contributed by atoms with van der Waals surface area (Å²) >= 11 is 0. The maximum atomic E-state index is 5.55. The smallest absolute Gasteiger partial charge is 0.122 e. The Morgan fingerprint density at radius 1 is 1.40 bits per heavy atom. The molecule has 1 heterocycles. The molecule has 2 atom stereocenters. The fourth-order valence-electron chi connectivity index (χ4n) is 3.86. The van der Waals surface area contributed by atoms with Gasteiger partial charge in [-0.15, -0.1) is 19.0 Å². The standard InChI is InChI=1S/C17H23NO.ClH/c1-3-9-18-10-5-7-14-11-13-6-4-8-17(19-2)15(13)12-16(14)18;/h3-4,6,8,14,16H,1,5,7,9-12H2,2H3;1H/t14-,16-;/m0./s1. The molecule has 2 nitrogen and oxygen atoms in total. The maximum absolute atomic E-state index is 5.55. The minimum Gasteiger partial charge on any atom is -0.496 e. The van der Waals surface area contributed by atoms with Crippen LogP contribution in [0.3, 0.4) is 0 Å². The molecule has 1 fully saturated rings. The average molecular weight is 294 g/mol. The van der Waals surface area contributed by atoms with E-state index in [2.05, 4.69) is 29.7 Å². The Labute approximate surface area is 128 Å². The SMILES string of the molecule is C=CCN1CCC[C@H]2Cc3cccc(OC)c3C[C@@H]21.Cl. The van der Waals surface area contributed by atoms with E-state index in [9.17, 15) is 0 Å². The van der Waals surface area contributed by atoms with E-state index in [4.69, 9.17) is 4.74 Å². The van der Waals surface area contributed by atoms with E-state index in [1.54, 1.807) is 7.11 Å². The van der Waals surface area contributed by atoms with Crippen molar-refractivity contribution in [2.75, 3.05) is 20.2 Å². The van der Waals surface area contributed by atoms with Gasteiger partial charge < -0.3 is 4.74 Å². The molecular formula is C17H24ClNO. The summed E-state index contributed by atoms with van der Waals surface area (Å²) in [5, 5.41) is 0. The molecule has 0 amide bonds. The van der Waals surface area contributed by atoms with Gasteiger partial charge in [0.05, 0.1) is 7.11 Å². The van der Waals surface area contributed by atoms with Crippen molar-refractivity contribution in [3.05, 3.63) is 42.0 Å². The van der Waals surface area contributed by atoms with Gasteiger partial charge in [0.15, 0.2) is 0 Å². The Kier molecular flexibility index (Phi) is 5.11. The van der Waals surface area contributed by atoms with E-state index >= 15 is 0 Å². The van der Waals surface area contributed by atoms with Crippen LogP contribution >= 0.6 is 12.4 Å². The predicted molar refractivity (Wildman–Crippen MR) is 85.9 cm³/mol. The summed E-state index contributed by atoms with van der Waals surface area (Å²) in [6.07, 6.45) is 7.09. The van der Waals surface area contributed by atoms with Gasteiger partial charge in [0.1, 0.15) is 5.75 Å². The Morgan fingerprint density at radius 3 is 3.00 bits per heavy atom. The number of rotatable bonds is 3. The molecule has 1 aromatic rings. The fraction of sp³-hybridized carbons (Fsp3) is 0.529. The zero-order valence-corrected chi connectivity index (χ0v) is 13.0. The summed E-state index contributed by atoms with van der Waals surface area (Å²) in [4.78, 5) is 2.61. The number of hydrogen-bond donors (Lipinski definition) is 0. The van der Waals surface area contributed by atoms with Crippen LogP contribution in [0.15, 0.2) is 30.9 Å². The van der Waals surface area contributed by atoms with E-state index in [1.165, 1.54) is 36.9 Å². The summed E-state index contributed by atoms with van der Waals surface area (Å²) < 4.78 is 5.55. The first-order valence-corrected chi connectivity index (χ1v) is 7.33. The molecule has 0 saturated carbocycles. The number of nitrogens with zero attached hydrogens (tertiary/aromatic N) is 1. The minimum atomic E-state index is 0. The number of methoxy groups -OCH3 is 1. The van der Waals surface area contributed by atoms with Crippen molar-refractivity contribution in [2.45, 2.75) is 31.7 Å². The van der Waals surface area contributed by atoms with Crippen LogP contribution in [-0.4, -0.2) is 31.1 Å². The highest BCUT2D eigenvalue weighted by molar-refractivity contribution is 5.85. The topological polar surface area (TPSA) is 12.5 Å². The van der Waals surface area contributed by atoms with E-state index < -0.39 is 0 Å². The first-order valence-electron chi connectivity index (χ1n) is 7.33. The molecule has 1 aliphatic carbocycles. The van der Waals surface area contributed by atoms with Crippen LogP contribution in [0.25, 0.3) is 0 Å². The second-order valence-corrected chi connectivity index (χ2v) is 5.76. The van der Waals surface area contributed by atoms with Gasteiger partial charge in [0, 0.05) is 12.6 Å². The van der Waals surface area contributed by atoms with Crippen LogP contribution in [0.2, 0.25) is 0 Å². The molecule has 3 heteroatoms. The van der Waals surface area contributed by atoms with Crippen molar-refractivity contribution >= 4 is 12.4 Å². The maximum Gasteiger partial charge on any atom is 0.122 e. The Morgan fingerprint density at radius 2 is 2.25 bits per heavy atom. The van der Waals surface area contributed by atoms with E-state index in [0.29, 0.717) is 6.04 Å². The highest BCUT2D eigenvalue weighted by atomic mass is 35.5. The fourth-order valence-corrected chi connectivity index (χ4v) is 3.86. The molecule has 1 saturated heterocycles. The zero-order valence-electron chi connectivity index (χ0n) is 12.2. The van der Waals surface area contributed by atoms with Crippen LogP contribution < -0.4 is 4.74 Å². The third-order valence-corrected chi connectivity index (χ3v) is 4.74. The lowest BCUT2D eigenvalue weighted by molar-refractivity contribution is 0.0965. The van der Waals surface area contributed by atoms with Crippen molar-refractivity contribution in [2.24, 2.45) is 5.92 Å². The number of halogens is 1. The van der Waals surface area contributed by atoms with Gasteiger partial charge in [0.25, 0.3) is 0 Å². The minimum absolute atomic E-state index is 0. The van der Waals surface area contributed by atoms with Crippen LogP contribution in [0.1, 0.15) is 24.0 Å². The lowest BCUT2D eigenvalue weighted by atomic mass is 9.75. The molecule has 2 aliphatic rings. The van der Waals surface area contributed by atoms with Crippen LogP contribution in [0.4, 0.5) is 0 Å². The molecular weight excluding hydrogens is 270 g/mol. The van der Waals surface area contributed by atoms with Gasteiger partial charge in [-0.1, -0.05) is 18.2 Å². The lowest BCUT2D eigenvalue weighted by Crippen LogP contribution is -2.49. The zero-order chi connectivity index (χ0) is 13.2. The molecule has 0 radical (unpaired) electrons. The molecule has 110 valence electrons.